The highest BCUT2D eigenvalue weighted by Gasteiger charge is 2.36. The maximum Gasteiger partial charge on any atom is 0.419 e. The molecule has 0 spiro atoms. The second-order valence-electron chi connectivity index (χ2n) is 8.33. The van der Waals surface area contributed by atoms with Crippen LogP contribution in [0.2, 0.25) is 0 Å². The zero-order chi connectivity index (χ0) is 21.8. The van der Waals surface area contributed by atoms with E-state index in [0.29, 0.717) is 24.3 Å². The first-order valence-electron chi connectivity index (χ1n) is 8.98. The van der Waals surface area contributed by atoms with Gasteiger partial charge in [-0.2, -0.15) is 13.2 Å². The van der Waals surface area contributed by atoms with Gasteiger partial charge in [0.15, 0.2) is 0 Å². The number of H-pyrrole nitrogens is 1. The van der Waals surface area contributed by atoms with Gasteiger partial charge >= 0.3 is 6.18 Å². The lowest BCUT2D eigenvalue weighted by Crippen LogP contribution is -2.27. The molecule has 4 nitrogen and oxygen atoms in total. The summed E-state index contributed by atoms with van der Waals surface area (Å²) in [6.45, 7) is 6.31. The highest BCUT2D eigenvalue weighted by atomic mass is 32.2. The number of hydrogen-bond donors (Lipinski definition) is 2. The largest absolute Gasteiger partial charge is 0.419 e. The summed E-state index contributed by atoms with van der Waals surface area (Å²) in [5, 5.41) is 0. The molecular formula is C19H21F5N2O2S. The lowest BCUT2D eigenvalue weighted by atomic mass is 9.72. The normalized spacial score (nSPS) is 17.9. The lowest BCUT2D eigenvalue weighted by molar-refractivity contribution is -0.140. The third-order valence-corrected chi connectivity index (χ3v) is 6.79. The molecular weight excluding hydrogens is 415 g/mol. The minimum absolute atomic E-state index is 0.0426. The molecule has 1 aliphatic carbocycles. The Hall–Kier alpha value is -2.10. The van der Waals surface area contributed by atoms with Crippen LogP contribution in [0.25, 0.3) is 0 Å². The number of alkyl halides is 3. The lowest BCUT2D eigenvalue weighted by Gasteiger charge is -2.34. The summed E-state index contributed by atoms with van der Waals surface area (Å²) in [6, 6.07) is 0.137. The van der Waals surface area contributed by atoms with Crippen molar-refractivity contribution in [3.8, 4) is 0 Å². The molecule has 0 fully saturated rings. The SMILES string of the molecule is CC(C)(C)C1CCc2c(S(=O)(=O)Nc3cc(F)c(C(F)(F)F)cc3F)c[nH]c2C1. The van der Waals surface area contributed by atoms with E-state index >= 15 is 0 Å². The van der Waals surface area contributed by atoms with E-state index < -0.39 is 39.1 Å². The Bertz CT molecular complexity index is 1040. The zero-order valence-corrected chi connectivity index (χ0v) is 16.9. The Morgan fingerprint density at radius 2 is 1.76 bits per heavy atom. The molecule has 160 valence electrons. The van der Waals surface area contributed by atoms with Crippen LogP contribution in [-0.4, -0.2) is 13.4 Å². The van der Waals surface area contributed by atoms with Crippen molar-refractivity contribution in [2.75, 3.05) is 4.72 Å². The van der Waals surface area contributed by atoms with Gasteiger partial charge in [-0.05, 0) is 42.2 Å². The van der Waals surface area contributed by atoms with Crippen molar-refractivity contribution in [1.82, 2.24) is 4.98 Å². The van der Waals surface area contributed by atoms with Crippen molar-refractivity contribution in [3.63, 3.8) is 0 Å². The molecule has 0 amide bonds. The molecule has 1 atom stereocenters. The maximum atomic E-state index is 14.1. The van der Waals surface area contributed by atoms with Crippen LogP contribution in [0.1, 0.15) is 44.0 Å². The van der Waals surface area contributed by atoms with E-state index in [9.17, 15) is 30.4 Å². The number of sulfonamides is 1. The summed E-state index contributed by atoms with van der Waals surface area (Å²) in [5.74, 6) is -2.93. The molecule has 0 bridgehead atoms. The van der Waals surface area contributed by atoms with Crippen molar-refractivity contribution in [3.05, 3.63) is 46.8 Å². The molecule has 0 saturated heterocycles. The van der Waals surface area contributed by atoms with Gasteiger partial charge in [-0.3, -0.25) is 4.72 Å². The van der Waals surface area contributed by atoms with Gasteiger partial charge in [0.25, 0.3) is 10.0 Å². The van der Waals surface area contributed by atoms with Gasteiger partial charge in [-0.1, -0.05) is 20.8 Å². The summed E-state index contributed by atoms with van der Waals surface area (Å²) in [5.41, 5.74) is -1.32. The molecule has 1 aliphatic rings. The molecule has 1 aromatic heterocycles. The molecule has 2 aromatic rings. The minimum atomic E-state index is -5.09. The predicted octanol–water partition coefficient (Wildman–Crippen LogP) is 5.26. The third-order valence-electron chi connectivity index (χ3n) is 5.35. The molecule has 3 rings (SSSR count). The Labute approximate surface area is 165 Å². The first-order chi connectivity index (χ1) is 13.2. The Balaban J connectivity index is 1.91. The standard InChI is InChI=1S/C19H21F5N2O2S/c1-18(2,3)10-4-5-11-15(6-10)25-9-17(11)29(27,28)26-16-8-13(20)12(7-14(16)21)19(22,23)24/h7-10,25-26H,4-6H2,1-3H3. The first-order valence-corrected chi connectivity index (χ1v) is 10.5. The summed E-state index contributed by atoms with van der Waals surface area (Å²) >= 11 is 0. The smallest absolute Gasteiger partial charge is 0.363 e. The number of hydrogen-bond acceptors (Lipinski definition) is 2. The Kier molecular flexibility index (Phi) is 5.21. The number of aromatic nitrogens is 1. The zero-order valence-electron chi connectivity index (χ0n) is 16.0. The van der Waals surface area contributed by atoms with E-state index in [1.807, 2.05) is 4.72 Å². The Morgan fingerprint density at radius 1 is 1.10 bits per heavy atom. The van der Waals surface area contributed by atoms with E-state index in [1.54, 1.807) is 0 Å². The summed E-state index contributed by atoms with van der Waals surface area (Å²) in [7, 11) is -4.32. The van der Waals surface area contributed by atoms with Gasteiger partial charge in [0.05, 0.1) is 11.3 Å². The van der Waals surface area contributed by atoms with E-state index in [-0.39, 0.29) is 22.4 Å². The molecule has 0 aliphatic heterocycles. The maximum absolute atomic E-state index is 14.1. The quantitative estimate of drug-likeness (QED) is 0.645. The van der Waals surface area contributed by atoms with Gasteiger partial charge in [-0.15, -0.1) is 0 Å². The molecule has 1 heterocycles. The second-order valence-corrected chi connectivity index (χ2v) is 9.98. The second kappa shape index (κ2) is 7.00. The predicted molar refractivity (Wildman–Crippen MR) is 97.9 cm³/mol. The minimum Gasteiger partial charge on any atom is -0.363 e. The molecule has 2 N–H and O–H groups in total. The topological polar surface area (TPSA) is 62.0 Å². The van der Waals surface area contributed by atoms with Crippen LogP contribution in [0.4, 0.5) is 27.6 Å². The highest BCUT2D eigenvalue weighted by Crippen LogP contribution is 2.39. The van der Waals surface area contributed by atoms with Gasteiger partial charge in [0, 0.05) is 18.0 Å². The average molecular weight is 436 g/mol. The van der Waals surface area contributed by atoms with Gasteiger partial charge in [-0.25, -0.2) is 17.2 Å². The van der Waals surface area contributed by atoms with Crippen molar-refractivity contribution in [2.45, 2.75) is 51.1 Å². The fourth-order valence-corrected chi connectivity index (χ4v) is 4.94. The summed E-state index contributed by atoms with van der Waals surface area (Å²) < 4.78 is 93.1. The van der Waals surface area contributed by atoms with Crippen LogP contribution >= 0.6 is 0 Å². The molecule has 1 unspecified atom stereocenters. The summed E-state index contributed by atoms with van der Waals surface area (Å²) in [4.78, 5) is 2.83. The van der Waals surface area contributed by atoms with Crippen molar-refractivity contribution in [2.24, 2.45) is 11.3 Å². The summed E-state index contributed by atoms with van der Waals surface area (Å²) in [6.07, 6.45) is -1.92. The van der Waals surface area contributed by atoms with E-state index in [4.69, 9.17) is 0 Å². The van der Waals surface area contributed by atoms with E-state index in [2.05, 4.69) is 25.8 Å². The molecule has 1 aromatic carbocycles. The molecule has 0 saturated carbocycles. The number of aromatic amines is 1. The van der Waals surface area contributed by atoms with Crippen molar-refractivity contribution >= 4 is 15.7 Å². The van der Waals surface area contributed by atoms with E-state index in [1.165, 1.54) is 6.20 Å². The molecule has 0 radical (unpaired) electrons. The van der Waals surface area contributed by atoms with Crippen LogP contribution in [0.5, 0.6) is 0 Å². The van der Waals surface area contributed by atoms with Crippen LogP contribution in [0.15, 0.2) is 23.2 Å². The Morgan fingerprint density at radius 3 is 2.34 bits per heavy atom. The number of nitrogens with one attached hydrogen (secondary N) is 2. The van der Waals surface area contributed by atoms with Crippen LogP contribution in [0.3, 0.4) is 0 Å². The average Bonchev–Trinajstić information content (AvgIpc) is 2.99. The van der Waals surface area contributed by atoms with Gasteiger partial charge in [0.2, 0.25) is 0 Å². The van der Waals surface area contributed by atoms with Crippen LogP contribution in [-0.2, 0) is 29.0 Å². The number of benzene rings is 1. The third kappa shape index (κ3) is 4.26. The number of anilines is 1. The molecule has 29 heavy (non-hydrogen) atoms. The van der Waals surface area contributed by atoms with E-state index in [0.717, 1.165) is 12.1 Å². The van der Waals surface area contributed by atoms with Crippen LogP contribution < -0.4 is 4.72 Å². The molecule has 10 heteroatoms. The monoisotopic (exact) mass is 436 g/mol. The van der Waals surface area contributed by atoms with Crippen molar-refractivity contribution < 1.29 is 30.4 Å². The number of halogens is 5. The number of fused-ring (bicyclic) bond motifs is 1. The highest BCUT2D eigenvalue weighted by molar-refractivity contribution is 7.92. The number of rotatable bonds is 3. The fraction of sp³-hybridized carbons (Fsp3) is 0.474. The van der Waals surface area contributed by atoms with Crippen molar-refractivity contribution in [1.29, 1.82) is 0 Å². The van der Waals surface area contributed by atoms with Gasteiger partial charge < -0.3 is 4.98 Å². The van der Waals surface area contributed by atoms with Crippen LogP contribution in [0, 0.1) is 23.0 Å². The fourth-order valence-electron chi connectivity index (χ4n) is 3.62. The first kappa shape index (κ1) is 21.6. The van der Waals surface area contributed by atoms with Gasteiger partial charge in [0.1, 0.15) is 16.5 Å².